The summed E-state index contributed by atoms with van der Waals surface area (Å²) in [5.74, 6) is -6.76. The number of primary amides is 1. The van der Waals surface area contributed by atoms with E-state index in [-0.39, 0.29) is 58.5 Å². The van der Waals surface area contributed by atoms with Crippen molar-refractivity contribution in [3.63, 3.8) is 0 Å². The standard InChI is InChI=1S/C14H9ClFNS.C7H4BrClFNO.C7H2BrClFN.C7H3BrClFO2.C7H2Cl2FNO2S.C7H4ClFO2/c15-14-11(8-17)6-12(7-13(14)16)18-9-10-4-2-1-3-5-10;8-3-1-4(7(11)12)6(9)5(10)2-3;8-5-1-4(3-11)7(9)6(10)2-5;8-3-1-4(7(11)12)6(9)5(10)2-3;8-7-4(3-11)1-5(2-6(7)10)14(9,12)13;8-6-4(7(10)11)2-1-3-5(6)9/h1-7H,9H2;1-2H,(H2,11,12);1-2H;1-2H,(H,11,12);1-2H;1-3H,(H,10,11). The first-order valence-electron chi connectivity index (χ1n) is 19.8. The molecule has 0 spiro atoms. The Kier molecular flexibility index (Phi) is 28.9. The molecule has 0 aliphatic heterocycles. The molecule has 0 saturated heterocycles. The fourth-order valence-corrected chi connectivity index (χ4v) is 9.04. The molecule has 0 unspecified atom stereocenters. The first kappa shape index (κ1) is 68.9. The van der Waals surface area contributed by atoms with E-state index >= 15 is 0 Å². The third-order valence-corrected chi connectivity index (χ3v) is 14.6. The van der Waals surface area contributed by atoms with E-state index in [9.17, 15) is 49.1 Å². The van der Waals surface area contributed by atoms with Gasteiger partial charge in [-0.25, -0.2) is 44.3 Å². The van der Waals surface area contributed by atoms with Gasteiger partial charge < -0.3 is 15.9 Å². The molecule has 29 heteroatoms. The molecule has 7 aromatic rings. The van der Waals surface area contributed by atoms with Crippen LogP contribution in [0.4, 0.5) is 26.3 Å². The van der Waals surface area contributed by atoms with Crippen LogP contribution in [0, 0.1) is 68.9 Å². The van der Waals surface area contributed by atoms with Gasteiger partial charge >= 0.3 is 11.9 Å². The van der Waals surface area contributed by atoms with Crippen LogP contribution in [-0.4, -0.2) is 36.5 Å². The minimum absolute atomic E-state index is 0.0245. The highest BCUT2D eigenvalue weighted by Gasteiger charge is 2.18. The summed E-state index contributed by atoms with van der Waals surface area (Å²) in [6.45, 7) is 0. The number of carbonyl (C=O) groups is 3. The Morgan fingerprint density at radius 1 is 0.513 bits per heavy atom. The van der Waals surface area contributed by atoms with Crippen molar-refractivity contribution >= 4 is 167 Å². The zero-order chi connectivity index (χ0) is 59.4. The largest absolute Gasteiger partial charge is 0.478 e. The molecular formula is C49H24Br3Cl7F6N4O7S2. The maximum atomic E-state index is 13.5. The molecule has 0 fully saturated rings. The number of thioether (sulfide) groups is 1. The number of nitrogens with zero attached hydrogens (tertiary/aromatic N) is 3. The maximum Gasteiger partial charge on any atom is 0.337 e. The van der Waals surface area contributed by atoms with Crippen molar-refractivity contribution in [2.24, 2.45) is 5.73 Å². The molecule has 0 bridgehead atoms. The van der Waals surface area contributed by atoms with Gasteiger partial charge in [0.2, 0.25) is 5.91 Å². The number of aromatic carboxylic acids is 2. The van der Waals surface area contributed by atoms with Gasteiger partial charge in [0.1, 0.15) is 53.1 Å². The van der Waals surface area contributed by atoms with Crippen molar-refractivity contribution in [1.29, 1.82) is 15.8 Å². The topological polar surface area (TPSA) is 223 Å². The van der Waals surface area contributed by atoms with E-state index in [0.717, 1.165) is 35.6 Å². The number of amides is 1. The smallest absolute Gasteiger partial charge is 0.337 e. The lowest BCUT2D eigenvalue weighted by molar-refractivity contribution is 0.0685. The van der Waals surface area contributed by atoms with Gasteiger partial charge in [0.25, 0.3) is 9.05 Å². The van der Waals surface area contributed by atoms with Crippen LogP contribution < -0.4 is 5.73 Å². The molecule has 0 aliphatic carbocycles. The highest BCUT2D eigenvalue weighted by molar-refractivity contribution is 9.11. The zero-order valence-corrected chi connectivity index (χ0v) is 49.5. The molecule has 7 rings (SSSR count). The average Bonchev–Trinajstić information content (AvgIpc) is 3.37. The summed E-state index contributed by atoms with van der Waals surface area (Å²) in [6, 6.07) is 30.8. The minimum Gasteiger partial charge on any atom is -0.478 e. The molecular weight excluding hydrogens is 1420 g/mol. The number of nitrogens with two attached hydrogens (primary N) is 1. The number of carbonyl (C=O) groups excluding carboxylic acids is 1. The molecule has 4 N–H and O–H groups in total. The van der Waals surface area contributed by atoms with Crippen molar-refractivity contribution in [3.8, 4) is 18.2 Å². The van der Waals surface area contributed by atoms with Gasteiger partial charge in [-0.2, -0.15) is 15.8 Å². The van der Waals surface area contributed by atoms with E-state index in [1.807, 2.05) is 36.4 Å². The maximum absolute atomic E-state index is 13.5. The zero-order valence-electron chi connectivity index (χ0n) is 37.8. The number of nitriles is 3. The number of carboxylic acid groups (broad SMARTS) is 2. The Morgan fingerprint density at radius 2 is 0.910 bits per heavy atom. The minimum atomic E-state index is -4.05. The lowest BCUT2D eigenvalue weighted by Gasteiger charge is -2.04. The molecule has 1 amide bonds. The summed E-state index contributed by atoms with van der Waals surface area (Å²) < 4.78 is 100. The van der Waals surface area contributed by atoms with Gasteiger partial charge in [-0.15, -0.1) is 11.8 Å². The van der Waals surface area contributed by atoms with Crippen LogP contribution in [0.1, 0.15) is 53.3 Å². The first-order valence-corrected chi connectivity index (χ1v) is 27.8. The van der Waals surface area contributed by atoms with Crippen molar-refractivity contribution < 1.29 is 59.4 Å². The van der Waals surface area contributed by atoms with Crippen molar-refractivity contribution in [2.45, 2.75) is 15.5 Å². The molecule has 0 aliphatic rings. The van der Waals surface area contributed by atoms with Crippen LogP contribution in [0.15, 0.2) is 132 Å². The Balaban J connectivity index is 0.000000323. The molecule has 11 nitrogen and oxygen atoms in total. The van der Waals surface area contributed by atoms with Gasteiger partial charge in [0, 0.05) is 34.7 Å². The van der Waals surface area contributed by atoms with Crippen molar-refractivity contribution in [3.05, 3.63) is 227 Å². The van der Waals surface area contributed by atoms with Crippen LogP contribution in [0.25, 0.3) is 0 Å². The second-order valence-corrected chi connectivity index (χ2v) is 22.5. The summed E-state index contributed by atoms with van der Waals surface area (Å²) in [6.07, 6.45) is 0. The van der Waals surface area contributed by atoms with E-state index in [0.29, 0.717) is 24.4 Å². The van der Waals surface area contributed by atoms with E-state index in [4.69, 9.17) is 112 Å². The van der Waals surface area contributed by atoms with Gasteiger partial charge in [-0.05, 0) is 78.4 Å². The predicted molar refractivity (Wildman–Crippen MR) is 297 cm³/mol. The number of carboxylic acids is 2. The van der Waals surface area contributed by atoms with Gasteiger partial charge in [0.15, 0.2) is 0 Å². The second kappa shape index (κ2) is 32.7. The lowest BCUT2D eigenvalue weighted by atomic mass is 10.2. The molecule has 0 atom stereocenters. The predicted octanol–water partition coefficient (Wildman–Crippen LogP) is 17.5. The lowest BCUT2D eigenvalue weighted by Crippen LogP contribution is -2.12. The van der Waals surface area contributed by atoms with Crippen molar-refractivity contribution in [2.75, 3.05) is 0 Å². The molecule has 78 heavy (non-hydrogen) atoms. The summed E-state index contributed by atoms with van der Waals surface area (Å²) in [5.41, 5.74) is 5.64. The first-order chi connectivity index (χ1) is 36.4. The third-order valence-electron chi connectivity index (χ3n) is 8.55. The average molecular weight is 1450 g/mol. The van der Waals surface area contributed by atoms with E-state index in [2.05, 4.69) is 47.8 Å². The monoisotopic (exact) mass is 1440 g/mol. The second-order valence-electron chi connectivity index (χ2n) is 13.9. The number of hydrogen-bond donors (Lipinski definition) is 3. The summed E-state index contributed by atoms with van der Waals surface area (Å²) in [5, 5.41) is 41.1. The van der Waals surface area contributed by atoms with E-state index in [1.54, 1.807) is 18.2 Å². The van der Waals surface area contributed by atoms with Crippen molar-refractivity contribution in [1.82, 2.24) is 0 Å². The fourth-order valence-electron chi connectivity index (χ4n) is 5.01. The Bertz CT molecular complexity index is 3570. The molecule has 0 aromatic heterocycles. The van der Waals surface area contributed by atoms with Gasteiger partial charge in [-0.3, -0.25) is 4.79 Å². The number of rotatable bonds is 7. The highest BCUT2D eigenvalue weighted by Crippen LogP contribution is 2.31. The Morgan fingerprint density at radius 3 is 1.36 bits per heavy atom. The summed E-state index contributed by atoms with van der Waals surface area (Å²) in [7, 11) is 0.913. The molecule has 0 heterocycles. The Hall–Kier alpha value is -5.23. The van der Waals surface area contributed by atoms with Crippen LogP contribution in [0.5, 0.6) is 0 Å². The van der Waals surface area contributed by atoms with Crippen LogP contribution in [-0.2, 0) is 14.8 Å². The molecule has 0 radical (unpaired) electrons. The Labute approximate surface area is 503 Å². The number of halogens is 16. The quantitative estimate of drug-likeness (QED) is 0.0589. The summed E-state index contributed by atoms with van der Waals surface area (Å²) >= 11 is 43.2. The van der Waals surface area contributed by atoms with Gasteiger partial charge in [0.05, 0.1) is 68.4 Å². The molecule has 406 valence electrons. The fraction of sp³-hybridized carbons (Fsp3) is 0.0204. The van der Waals surface area contributed by atoms with Crippen LogP contribution in [0.3, 0.4) is 0 Å². The molecule has 0 saturated carbocycles. The highest BCUT2D eigenvalue weighted by atomic mass is 79.9. The third kappa shape index (κ3) is 21.8. The summed E-state index contributed by atoms with van der Waals surface area (Å²) in [4.78, 5) is 31.7. The van der Waals surface area contributed by atoms with E-state index in [1.165, 1.54) is 54.2 Å². The normalized spacial score (nSPS) is 10.0. The number of hydrogen-bond acceptors (Lipinski definition) is 9. The number of benzene rings is 7. The van der Waals surface area contributed by atoms with Gasteiger partial charge in [-0.1, -0.05) is 154 Å². The van der Waals surface area contributed by atoms with Crippen LogP contribution in [0.2, 0.25) is 30.1 Å². The molecule has 7 aromatic carbocycles. The van der Waals surface area contributed by atoms with E-state index < -0.39 is 71.7 Å². The SMILES string of the molecule is N#Cc1cc(Br)cc(F)c1Cl.N#Cc1cc(S(=O)(=O)Cl)cc(F)c1Cl.N#Cc1cc(SCc2ccccc2)cc(F)c1Cl.NC(=O)c1cc(Br)cc(F)c1Cl.O=C(O)c1cc(Br)cc(F)c1Cl.O=C(O)c1cccc(F)c1Cl. The van der Waals surface area contributed by atoms with Crippen LogP contribution >= 0.6 is 140 Å².